The number of H-pyrrole nitrogens is 1. The van der Waals surface area contributed by atoms with Crippen molar-refractivity contribution in [2.24, 2.45) is 5.92 Å². The second-order valence-electron chi connectivity index (χ2n) is 6.90. The maximum Gasteiger partial charge on any atom is 0.256 e. The Labute approximate surface area is 181 Å². The first-order valence-electron chi connectivity index (χ1n) is 9.55. The minimum Gasteiger partial charge on any atom is -0.369 e. The summed E-state index contributed by atoms with van der Waals surface area (Å²) in [5, 5.41) is 5.65. The highest BCUT2D eigenvalue weighted by molar-refractivity contribution is 9.10. The van der Waals surface area contributed by atoms with Crippen LogP contribution in [0.4, 0.5) is 11.5 Å². The summed E-state index contributed by atoms with van der Waals surface area (Å²) in [5.74, 6) is 0.247. The molecule has 0 saturated carbocycles. The number of halogens is 1. The minimum absolute atomic E-state index is 0.164. The SMILES string of the molecule is O=C(Nc1ccc(Br)cn1)c1cccc(NC(=O)[C@@H]2CCCO[C@H]2c2ncc[nH]2)c1. The zero-order chi connectivity index (χ0) is 20.9. The second-order valence-corrected chi connectivity index (χ2v) is 7.82. The van der Waals surface area contributed by atoms with Crippen LogP contribution in [0.15, 0.2) is 59.5 Å². The molecule has 1 fully saturated rings. The van der Waals surface area contributed by atoms with E-state index in [1.165, 1.54) is 0 Å². The van der Waals surface area contributed by atoms with Gasteiger partial charge >= 0.3 is 0 Å². The Morgan fingerprint density at radius 2 is 2.07 bits per heavy atom. The second kappa shape index (κ2) is 9.19. The predicted octanol–water partition coefficient (Wildman–Crippen LogP) is 3.93. The van der Waals surface area contributed by atoms with Crippen molar-refractivity contribution >= 4 is 39.2 Å². The van der Waals surface area contributed by atoms with Crippen LogP contribution in [-0.2, 0) is 9.53 Å². The third kappa shape index (κ3) is 4.74. The van der Waals surface area contributed by atoms with Gasteiger partial charge < -0.3 is 20.4 Å². The predicted molar refractivity (Wildman–Crippen MR) is 115 cm³/mol. The van der Waals surface area contributed by atoms with Crippen molar-refractivity contribution in [2.45, 2.75) is 18.9 Å². The van der Waals surface area contributed by atoms with Crippen LogP contribution in [0.2, 0.25) is 0 Å². The molecule has 3 aromatic rings. The Morgan fingerprint density at radius 3 is 2.83 bits per heavy atom. The van der Waals surface area contributed by atoms with Gasteiger partial charge in [0.05, 0.1) is 5.92 Å². The lowest BCUT2D eigenvalue weighted by Gasteiger charge is -2.29. The molecule has 0 radical (unpaired) electrons. The van der Waals surface area contributed by atoms with Gasteiger partial charge in [-0.15, -0.1) is 0 Å². The molecule has 1 aliphatic rings. The number of amides is 2. The molecule has 2 aromatic heterocycles. The van der Waals surface area contributed by atoms with E-state index in [-0.39, 0.29) is 17.7 Å². The van der Waals surface area contributed by atoms with E-state index in [1.807, 2.05) is 0 Å². The van der Waals surface area contributed by atoms with Crippen molar-refractivity contribution < 1.29 is 14.3 Å². The smallest absolute Gasteiger partial charge is 0.256 e. The average Bonchev–Trinajstić information content (AvgIpc) is 3.30. The first-order valence-corrected chi connectivity index (χ1v) is 10.3. The number of aromatic amines is 1. The summed E-state index contributed by atoms with van der Waals surface area (Å²) in [7, 11) is 0. The lowest BCUT2D eigenvalue weighted by molar-refractivity contribution is -0.129. The molecule has 4 rings (SSSR count). The summed E-state index contributed by atoms with van der Waals surface area (Å²) in [4.78, 5) is 36.9. The first kappa shape index (κ1) is 20.2. The maximum absolute atomic E-state index is 12.9. The van der Waals surface area contributed by atoms with Crippen molar-refractivity contribution in [1.82, 2.24) is 15.0 Å². The largest absolute Gasteiger partial charge is 0.369 e. The number of carbonyl (C=O) groups excluding carboxylic acids is 2. The number of nitrogens with one attached hydrogen (secondary N) is 3. The van der Waals surface area contributed by atoms with Gasteiger partial charge in [-0.2, -0.15) is 0 Å². The average molecular weight is 470 g/mol. The summed E-state index contributed by atoms with van der Waals surface area (Å²) in [6, 6.07) is 10.3. The topological polar surface area (TPSA) is 109 Å². The minimum atomic E-state index is -0.413. The quantitative estimate of drug-likeness (QED) is 0.524. The zero-order valence-electron chi connectivity index (χ0n) is 16.0. The van der Waals surface area contributed by atoms with E-state index < -0.39 is 6.10 Å². The Bertz CT molecular complexity index is 1020. The van der Waals surface area contributed by atoms with E-state index in [2.05, 4.69) is 41.5 Å². The van der Waals surface area contributed by atoms with Crippen molar-refractivity contribution in [3.05, 3.63) is 70.8 Å². The van der Waals surface area contributed by atoms with Crippen molar-refractivity contribution in [2.75, 3.05) is 17.2 Å². The van der Waals surface area contributed by atoms with Crippen molar-refractivity contribution in [1.29, 1.82) is 0 Å². The molecule has 8 nitrogen and oxygen atoms in total. The van der Waals surface area contributed by atoms with Crippen LogP contribution in [0.3, 0.4) is 0 Å². The van der Waals surface area contributed by atoms with Crippen LogP contribution in [0.25, 0.3) is 0 Å². The summed E-state index contributed by atoms with van der Waals surface area (Å²) >= 11 is 3.31. The Balaban J connectivity index is 1.45. The van der Waals surface area contributed by atoms with Crippen LogP contribution in [-0.4, -0.2) is 33.4 Å². The van der Waals surface area contributed by atoms with Gasteiger partial charge in [-0.1, -0.05) is 6.07 Å². The van der Waals surface area contributed by atoms with Crippen molar-refractivity contribution in [3.8, 4) is 0 Å². The molecule has 1 aliphatic heterocycles. The van der Waals surface area contributed by atoms with Crippen LogP contribution in [0.5, 0.6) is 0 Å². The molecule has 0 unspecified atom stereocenters. The van der Waals surface area contributed by atoms with E-state index in [0.717, 1.165) is 10.9 Å². The molecule has 0 spiro atoms. The van der Waals surface area contributed by atoms with Gasteiger partial charge in [-0.3, -0.25) is 9.59 Å². The van der Waals surface area contributed by atoms with Crippen LogP contribution in [0.1, 0.15) is 35.1 Å². The molecule has 1 aromatic carbocycles. The molecule has 30 heavy (non-hydrogen) atoms. The fourth-order valence-corrected chi connectivity index (χ4v) is 3.60. The highest BCUT2D eigenvalue weighted by atomic mass is 79.9. The molecule has 3 heterocycles. The van der Waals surface area contributed by atoms with E-state index in [4.69, 9.17) is 4.74 Å². The molecule has 154 valence electrons. The lowest BCUT2D eigenvalue weighted by Crippen LogP contribution is -2.33. The third-order valence-electron chi connectivity index (χ3n) is 4.81. The number of hydrogen-bond donors (Lipinski definition) is 3. The van der Waals surface area contributed by atoms with E-state index >= 15 is 0 Å². The van der Waals surface area contributed by atoms with Gasteiger partial charge in [0.15, 0.2) is 0 Å². The Kier molecular flexibility index (Phi) is 6.20. The van der Waals surface area contributed by atoms with Gasteiger partial charge in [0.25, 0.3) is 5.91 Å². The number of hydrogen-bond acceptors (Lipinski definition) is 5. The van der Waals surface area contributed by atoms with Crippen LogP contribution >= 0.6 is 15.9 Å². The first-order chi connectivity index (χ1) is 14.6. The van der Waals surface area contributed by atoms with Gasteiger partial charge in [0, 0.05) is 40.9 Å². The molecule has 0 aliphatic carbocycles. The zero-order valence-corrected chi connectivity index (χ0v) is 17.6. The fourth-order valence-electron chi connectivity index (χ4n) is 3.36. The van der Waals surface area contributed by atoms with Gasteiger partial charge in [0.1, 0.15) is 17.7 Å². The highest BCUT2D eigenvalue weighted by Gasteiger charge is 2.34. The number of anilines is 2. The molecule has 1 saturated heterocycles. The molecule has 0 bridgehead atoms. The van der Waals surface area contributed by atoms with Gasteiger partial charge in [0.2, 0.25) is 5.91 Å². The number of ether oxygens (including phenoxy) is 1. The molecule has 2 amide bonds. The normalized spacial score (nSPS) is 18.6. The molecule has 2 atom stereocenters. The number of imidazole rings is 1. The van der Waals surface area contributed by atoms with E-state index in [9.17, 15) is 9.59 Å². The molecular formula is C21H20BrN5O3. The van der Waals surface area contributed by atoms with Crippen LogP contribution < -0.4 is 10.6 Å². The third-order valence-corrected chi connectivity index (χ3v) is 5.28. The van der Waals surface area contributed by atoms with Crippen LogP contribution in [0, 0.1) is 5.92 Å². The molecular weight excluding hydrogens is 450 g/mol. The monoisotopic (exact) mass is 469 g/mol. The maximum atomic E-state index is 12.9. The number of aromatic nitrogens is 3. The Hall–Kier alpha value is -3.04. The number of pyridine rings is 1. The summed E-state index contributed by atoms with van der Waals surface area (Å²) in [5.41, 5.74) is 0.959. The summed E-state index contributed by atoms with van der Waals surface area (Å²) < 4.78 is 6.63. The number of nitrogens with zero attached hydrogens (tertiary/aromatic N) is 2. The fraction of sp³-hybridized carbons (Fsp3) is 0.238. The molecule has 9 heteroatoms. The van der Waals surface area contributed by atoms with E-state index in [0.29, 0.717) is 35.9 Å². The number of carbonyl (C=O) groups is 2. The molecule has 3 N–H and O–H groups in total. The van der Waals surface area contributed by atoms with E-state index in [1.54, 1.807) is 55.0 Å². The summed E-state index contributed by atoms with van der Waals surface area (Å²) in [6.45, 7) is 0.592. The van der Waals surface area contributed by atoms with Crippen molar-refractivity contribution in [3.63, 3.8) is 0 Å². The summed E-state index contributed by atoms with van der Waals surface area (Å²) in [6.07, 6.45) is 6.05. The highest BCUT2D eigenvalue weighted by Crippen LogP contribution is 2.32. The standard InChI is InChI=1S/C21H20BrN5O3/c22-14-6-7-17(25-12-14)27-20(28)13-3-1-4-15(11-13)26-21(29)16-5-2-10-30-18(16)19-23-8-9-24-19/h1,3-4,6-9,11-12,16,18H,2,5,10H2,(H,23,24)(H,26,29)(H,25,27,28)/t16-,18-/m1/s1. The number of benzene rings is 1. The van der Waals surface area contributed by atoms with Gasteiger partial charge in [-0.05, 0) is 59.1 Å². The lowest BCUT2D eigenvalue weighted by atomic mass is 9.92. The van der Waals surface area contributed by atoms with Gasteiger partial charge in [-0.25, -0.2) is 9.97 Å². The Morgan fingerprint density at radius 1 is 1.17 bits per heavy atom. The number of rotatable bonds is 5.